The van der Waals surface area contributed by atoms with Gasteiger partial charge in [0, 0.05) is 24.0 Å². The van der Waals surface area contributed by atoms with E-state index in [0.29, 0.717) is 23.0 Å². The molecule has 0 N–H and O–H groups in total. The number of benzene rings is 2. The lowest BCUT2D eigenvalue weighted by Gasteiger charge is -2.05. The number of methoxy groups -OCH3 is 2. The van der Waals surface area contributed by atoms with Crippen molar-refractivity contribution in [3.63, 3.8) is 0 Å². The van der Waals surface area contributed by atoms with Crippen LogP contribution in [0.2, 0.25) is 0 Å². The molecule has 0 aromatic heterocycles. The molecule has 31 heavy (non-hydrogen) atoms. The molecule has 2 atom stereocenters. The van der Waals surface area contributed by atoms with E-state index < -0.39 is 0 Å². The van der Waals surface area contributed by atoms with E-state index in [-0.39, 0.29) is 49.2 Å². The average molecular weight is 422 g/mol. The summed E-state index contributed by atoms with van der Waals surface area (Å²) >= 11 is 0. The van der Waals surface area contributed by atoms with E-state index >= 15 is 0 Å². The van der Waals surface area contributed by atoms with Crippen molar-refractivity contribution in [2.24, 2.45) is 0 Å². The SMILES string of the molecule is COC(=O)CCC(=O)c1ccc([C@H]2C[C@@H]2c2ccc(C(=O)CCC(=O)OC)cc2)cc1. The molecule has 162 valence electrons. The van der Waals surface area contributed by atoms with Gasteiger partial charge in [-0.25, -0.2) is 0 Å². The molecule has 0 unspecified atom stereocenters. The number of hydrogen-bond donors (Lipinski definition) is 0. The molecule has 2 aromatic rings. The minimum atomic E-state index is -0.387. The van der Waals surface area contributed by atoms with Crippen molar-refractivity contribution in [3.05, 3.63) is 70.8 Å². The highest BCUT2D eigenvalue weighted by Crippen LogP contribution is 2.54. The molecular weight excluding hydrogens is 396 g/mol. The lowest BCUT2D eigenvalue weighted by Crippen LogP contribution is -2.06. The first kappa shape index (κ1) is 22.4. The highest BCUT2D eigenvalue weighted by molar-refractivity contribution is 5.98. The zero-order valence-corrected chi connectivity index (χ0v) is 17.8. The number of ether oxygens (including phenoxy) is 2. The van der Waals surface area contributed by atoms with Gasteiger partial charge in [0.2, 0.25) is 0 Å². The molecule has 6 nitrogen and oxygen atoms in total. The first-order chi connectivity index (χ1) is 14.9. The average Bonchev–Trinajstić information content (AvgIpc) is 3.61. The number of hydrogen-bond acceptors (Lipinski definition) is 6. The van der Waals surface area contributed by atoms with E-state index in [1.165, 1.54) is 25.3 Å². The topological polar surface area (TPSA) is 86.7 Å². The van der Waals surface area contributed by atoms with Crippen LogP contribution in [0.15, 0.2) is 48.5 Å². The fraction of sp³-hybridized carbons (Fsp3) is 0.360. The van der Waals surface area contributed by atoms with Gasteiger partial charge in [-0.05, 0) is 29.4 Å². The number of rotatable bonds is 10. The van der Waals surface area contributed by atoms with Crippen LogP contribution in [0.5, 0.6) is 0 Å². The van der Waals surface area contributed by atoms with Gasteiger partial charge in [0.1, 0.15) is 0 Å². The predicted octanol–water partition coefficient (Wildman–Crippen LogP) is 4.23. The molecule has 6 heteroatoms. The summed E-state index contributed by atoms with van der Waals surface area (Å²) in [5, 5.41) is 0. The van der Waals surface area contributed by atoms with Crippen molar-refractivity contribution in [2.45, 2.75) is 43.9 Å². The van der Waals surface area contributed by atoms with E-state index in [1.807, 2.05) is 48.5 Å². The number of esters is 2. The summed E-state index contributed by atoms with van der Waals surface area (Å²) in [6.45, 7) is 0. The summed E-state index contributed by atoms with van der Waals surface area (Å²) in [5.41, 5.74) is 3.54. The largest absolute Gasteiger partial charge is 0.469 e. The van der Waals surface area contributed by atoms with Crippen LogP contribution in [0.4, 0.5) is 0 Å². The summed E-state index contributed by atoms with van der Waals surface area (Å²) < 4.78 is 9.13. The molecule has 2 aromatic carbocycles. The van der Waals surface area contributed by atoms with Crippen molar-refractivity contribution < 1.29 is 28.7 Å². The predicted molar refractivity (Wildman–Crippen MR) is 114 cm³/mol. The van der Waals surface area contributed by atoms with Crippen molar-refractivity contribution in [2.75, 3.05) is 14.2 Å². The van der Waals surface area contributed by atoms with E-state index in [1.54, 1.807) is 0 Å². The van der Waals surface area contributed by atoms with Gasteiger partial charge < -0.3 is 9.47 Å². The molecular formula is C25H26O6. The van der Waals surface area contributed by atoms with Gasteiger partial charge in [-0.15, -0.1) is 0 Å². The Morgan fingerprint density at radius 3 is 1.32 bits per heavy atom. The number of carbonyl (C=O) groups excluding carboxylic acids is 4. The first-order valence-corrected chi connectivity index (χ1v) is 10.3. The van der Waals surface area contributed by atoms with Crippen LogP contribution < -0.4 is 0 Å². The Kier molecular flexibility index (Phi) is 7.34. The van der Waals surface area contributed by atoms with Crippen LogP contribution in [0, 0.1) is 0 Å². The number of carbonyl (C=O) groups is 4. The van der Waals surface area contributed by atoms with Crippen LogP contribution in [-0.2, 0) is 19.1 Å². The molecule has 0 radical (unpaired) electrons. The third-order valence-corrected chi connectivity index (χ3v) is 5.68. The van der Waals surface area contributed by atoms with Gasteiger partial charge in [-0.1, -0.05) is 48.5 Å². The van der Waals surface area contributed by atoms with Gasteiger partial charge >= 0.3 is 11.9 Å². The Bertz CT molecular complexity index is 879. The van der Waals surface area contributed by atoms with Crippen molar-refractivity contribution in [1.82, 2.24) is 0 Å². The van der Waals surface area contributed by atoms with Crippen LogP contribution in [0.1, 0.15) is 75.8 Å². The van der Waals surface area contributed by atoms with E-state index in [9.17, 15) is 19.2 Å². The third-order valence-electron chi connectivity index (χ3n) is 5.68. The maximum Gasteiger partial charge on any atom is 0.305 e. The molecule has 1 fully saturated rings. The summed E-state index contributed by atoms with van der Waals surface area (Å²) in [5.74, 6) is -0.141. The van der Waals surface area contributed by atoms with Crippen molar-refractivity contribution in [1.29, 1.82) is 0 Å². The van der Waals surface area contributed by atoms with E-state index in [2.05, 4.69) is 9.47 Å². The molecule has 3 rings (SSSR count). The number of ketones is 2. The Morgan fingerprint density at radius 1 is 0.645 bits per heavy atom. The van der Waals surface area contributed by atoms with Crippen LogP contribution in [-0.4, -0.2) is 37.7 Å². The fourth-order valence-electron chi connectivity index (χ4n) is 3.69. The second kappa shape index (κ2) is 10.2. The Balaban J connectivity index is 1.54. The standard InChI is InChI=1S/C25H26O6/c1-30-24(28)13-11-22(26)18-7-3-16(4-8-18)20-15-21(20)17-5-9-19(10-6-17)23(27)12-14-25(29)31-2/h3-10,20-21H,11-15H2,1-2H3/t20-,21-/m1/s1. The lowest BCUT2D eigenvalue weighted by molar-refractivity contribution is -0.141. The molecule has 0 saturated heterocycles. The third kappa shape index (κ3) is 5.87. The Labute approximate surface area is 181 Å². The maximum absolute atomic E-state index is 12.2. The van der Waals surface area contributed by atoms with E-state index in [4.69, 9.17) is 0 Å². The van der Waals surface area contributed by atoms with Crippen molar-refractivity contribution in [3.8, 4) is 0 Å². The molecule has 0 amide bonds. The lowest BCUT2D eigenvalue weighted by atomic mass is 9.99. The molecule has 1 aliphatic carbocycles. The summed E-state index contributed by atoms with van der Waals surface area (Å²) in [4.78, 5) is 46.7. The van der Waals surface area contributed by atoms with Gasteiger partial charge in [0.25, 0.3) is 0 Å². The highest BCUT2D eigenvalue weighted by atomic mass is 16.5. The number of Topliss-reactive ketones (excluding diaryl/α,β-unsaturated/α-hetero) is 2. The zero-order chi connectivity index (χ0) is 22.4. The molecule has 0 aliphatic heterocycles. The molecule has 1 aliphatic rings. The van der Waals surface area contributed by atoms with Gasteiger partial charge in [-0.2, -0.15) is 0 Å². The van der Waals surface area contributed by atoms with Gasteiger partial charge in [0.15, 0.2) is 11.6 Å². The highest BCUT2D eigenvalue weighted by Gasteiger charge is 2.39. The smallest absolute Gasteiger partial charge is 0.305 e. The summed E-state index contributed by atoms with van der Waals surface area (Å²) in [6, 6.07) is 15.1. The molecule has 0 bridgehead atoms. The van der Waals surface area contributed by atoms with Gasteiger partial charge in [-0.3, -0.25) is 19.2 Å². The molecule has 1 saturated carbocycles. The Hall–Kier alpha value is -3.28. The van der Waals surface area contributed by atoms with Crippen LogP contribution in [0.3, 0.4) is 0 Å². The quantitative estimate of drug-likeness (QED) is 0.421. The maximum atomic E-state index is 12.2. The molecule has 0 heterocycles. The first-order valence-electron chi connectivity index (χ1n) is 10.3. The molecule has 0 spiro atoms. The minimum absolute atomic E-state index is 0.0725. The Morgan fingerprint density at radius 2 is 1.00 bits per heavy atom. The fourth-order valence-corrected chi connectivity index (χ4v) is 3.69. The second-order valence-electron chi connectivity index (χ2n) is 7.69. The van der Waals surface area contributed by atoms with Crippen LogP contribution in [0.25, 0.3) is 0 Å². The van der Waals surface area contributed by atoms with Crippen molar-refractivity contribution >= 4 is 23.5 Å². The van der Waals surface area contributed by atoms with Gasteiger partial charge in [0.05, 0.1) is 27.1 Å². The summed E-state index contributed by atoms with van der Waals surface area (Å²) in [7, 11) is 2.62. The normalized spacial score (nSPS) is 17.0. The minimum Gasteiger partial charge on any atom is -0.469 e. The zero-order valence-electron chi connectivity index (χ0n) is 17.8. The van der Waals surface area contributed by atoms with E-state index in [0.717, 1.165) is 6.42 Å². The monoisotopic (exact) mass is 422 g/mol. The van der Waals surface area contributed by atoms with Crippen LogP contribution >= 0.6 is 0 Å². The summed E-state index contributed by atoms with van der Waals surface area (Å²) in [6.07, 6.45) is 1.47. The second-order valence-corrected chi connectivity index (χ2v) is 7.69.